The molecule has 5 nitrogen and oxygen atoms in total. The average molecular weight is 378 g/mol. The van der Waals surface area contributed by atoms with E-state index in [4.69, 9.17) is 4.42 Å². The highest BCUT2D eigenvalue weighted by atomic mass is 79.9. The Morgan fingerprint density at radius 1 is 1.23 bits per heavy atom. The number of benzene rings is 1. The molecule has 3 aromatic rings. The number of amides is 1. The van der Waals surface area contributed by atoms with Gasteiger partial charge in [0.15, 0.2) is 0 Å². The van der Waals surface area contributed by atoms with Crippen molar-refractivity contribution >= 4 is 39.2 Å². The fourth-order valence-corrected chi connectivity index (χ4v) is 3.31. The Hall–Kier alpha value is -1.99. The van der Waals surface area contributed by atoms with E-state index in [0.29, 0.717) is 10.8 Å². The lowest BCUT2D eigenvalue weighted by molar-refractivity contribution is 0.102. The molecule has 0 aliphatic rings. The Bertz CT molecular complexity index is 841. The lowest BCUT2D eigenvalue weighted by atomic mass is 10.1. The maximum atomic E-state index is 12.0. The van der Waals surface area contributed by atoms with E-state index in [1.54, 1.807) is 6.07 Å². The van der Waals surface area contributed by atoms with Crippen LogP contribution >= 0.6 is 27.3 Å². The van der Waals surface area contributed by atoms with Crippen LogP contribution in [0, 0.1) is 13.8 Å². The number of aryl methyl sites for hydroxylation is 2. The summed E-state index contributed by atoms with van der Waals surface area (Å²) >= 11 is 4.66. The van der Waals surface area contributed by atoms with Crippen molar-refractivity contribution in [1.82, 2.24) is 10.2 Å². The predicted octanol–water partition coefficient (Wildman–Crippen LogP) is 4.43. The van der Waals surface area contributed by atoms with Crippen molar-refractivity contribution in [2.75, 3.05) is 5.32 Å². The Morgan fingerprint density at radius 3 is 2.73 bits per heavy atom. The molecule has 0 atom stereocenters. The normalized spacial score (nSPS) is 10.7. The van der Waals surface area contributed by atoms with Gasteiger partial charge < -0.3 is 4.42 Å². The number of nitrogens with zero attached hydrogens (tertiary/aromatic N) is 2. The van der Waals surface area contributed by atoms with E-state index >= 15 is 0 Å². The van der Waals surface area contributed by atoms with Crippen LogP contribution in [0.2, 0.25) is 0 Å². The third-order valence-electron chi connectivity index (χ3n) is 3.05. The largest absolute Gasteiger partial charge is 0.403 e. The van der Waals surface area contributed by atoms with E-state index in [-0.39, 0.29) is 11.9 Å². The average Bonchev–Trinajstić information content (AvgIpc) is 3.08. The summed E-state index contributed by atoms with van der Waals surface area (Å²) in [7, 11) is 0. The quantitative estimate of drug-likeness (QED) is 0.732. The number of hydrogen-bond acceptors (Lipinski definition) is 5. The van der Waals surface area contributed by atoms with E-state index in [9.17, 15) is 4.79 Å². The molecule has 2 heterocycles. The Balaban J connectivity index is 1.80. The molecule has 0 spiro atoms. The second kappa shape index (κ2) is 6.02. The molecule has 2 aromatic heterocycles. The third kappa shape index (κ3) is 3.10. The smallest absolute Gasteiger partial charge is 0.322 e. The fourth-order valence-electron chi connectivity index (χ4n) is 2.03. The van der Waals surface area contributed by atoms with Crippen molar-refractivity contribution in [3.05, 3.63) is 50.1 Å². The number of nitrogens with one attached hydrogen (secondary N) is 1. The van der Waals surface area contributed by atoms with Crippen LogP contribution in [-0.4, -0.2) is 16.1 Å². The van der Waals surface area contributed by atoms with Crippen LogP contribution in [0.3, 0.4) is 0 Å². The summed E-state index contributed by atoms with van der Waals surface area (Å²) in [4.78, 5) is 12.6. The molecule has 22 heavy (non-hydrogen) atoms. The summed E-state index contributed by atoms with van der Waals surface area (Å²) in [6, 6.07) is 9.58. The van der Waals surface area contributed by atoms with Crippen LogP contribution in [0.25, 0.3) is 11.5 Å². The van der Waals surface area contributed by atoms with Gasteiger partial charge in [-0.05, 0) is 53.5 Å². The van der Waals surface area contributed by atoms with E-state index in [1.165, 1.54) is 11.3 Å². The van der Waals surface area contributed by atoms with Gasteiger partial charge in [-0.3, -0.25) is 10.1 Å². The lowest BCUT2D eigenvalue weighted by Crippen LogP contribution is -2.10. The Morgan fingerprint density at radius 2 is 2.05 bits per heavy atom. The second-order valence-corrected chi connectivity index (χ2v) is 7.25. The summed E-state index contributed by atoms with van der Waals surface area (Å²) < 4.78 is 6.42. The summed E-state index contributed by atoms with van der Waals surface area (Å²) in [5, 5.41) is 10.5. The first-order chi connectivity index (χ1) is 10.5. The van der Waals surface area contributed by atoms with Gasteiger partial charge in [-0.15, -0.1) is 16.4 Å². The van der Waals surface area contributed by atoms with Crippen LogP contribution in [0.4, 0.5) is 6.01 Å². The van der Waals surface area contributed by atoms with Gasteiger partial charge in [-0.2, -0.15) is 0 Å². The lowest BCUT2D eigenvalue weighted by Gasteiger charge is -2.01. The first-order valence-corrected chi connectivity index (χ1v) is 8.12. The highest BCUT2D eigenvalue weighted by Gasteiger charge is 2.15. The number of carbonyl (C=O) groups excluding carboxylic acids is 1. The molecule has 0 bridgehead atoms. The Labute approximate surface area is 139 Å². The SMILES string of the molecule is Cc1ccc(-c2nnc(NC(=O)c3ccc(Br)s3)o2)c(C)c1. The maximum Gasteiger partial charge on any atom is 0.322 e. The Kier molecular flexibility index (Phi) is 4.08. The number of hydrogen-bond donors (Lipinski definition) is 1. The van der Waals surface area contributed by atoms with Gasteiger partial charge in [0.2, 0.25) is 5.89 Å². The molecule has 0 saturated carbocycles. The minimum absolute atomic E-state index is 0.0875. The fraction of sp³-hybridized carbons (Fsp3) is 0.133. The zero-order chi connectivity index (χ0) is 15.7. The van der Waals surface area contributed by atoms with Crippen LogP contribution in [-0.2, 0) is 0 Å². The van der Waals surface area contributed by atoms with E-state index < -0.39 is 0 Å². The van der Waals surface area contributed by atoms with Gasteiger partial charge in [0.05, 0.1) is 8.66 Å². The minimum atomic E-state index is -0.272. The molecule has 0 radical (unpaired) electrons. The van der Waals surface area contributed by atoms with E-state index in [0.717, 1.165) is 20.5 Å². The molecule has 0 fully saturated rings. The van der Waals surface area contributed by atoms with Crippen molar-refractivity contribution in [2.45, 2.75) is 13.8 Å². The van der Waals surface area contributed by atoms with Gasteiger partial charge in [0.25, 0.3) is 5.91 Å². The van der Waals surface area contributed by atoms with Crippen molar-refractivity contribution in [3.63, 3.8) is 0 Å². The first-order valence-electron chi connectivity index (χ1n) is 6.51. The molecule has 0 aliphatic carbocycles. The van der Waals surface area contributed by atoms with Crippen LogP contribution in [0.5, 0.6) is 0 Å². The number of carbonyl (C=O) groups is 1. The molecule has 3 rings (SSSR count). The summed E-state index contributed by atoms with van der Waals surface area (Å²) in [5.41, 5.74) is 3.07. The molecule has 112 valence electrons. The molecule has 7 heteroatoms. The number of anilines is 1. The maximum absolute atomic E-state index is 12.0. The summed E-state index contributed by atoms with van der Waals surface area (Å²) in [6.45, 7) is 4.00. The standard InChI is InChI=1S/C15H12BrN3O2S/c1-8-3-4-10(9(2)7-8)14-18-19-15(21-14)17-13(20)11-5-6-12(16)22-11/h3-7H,1-2H3,(H,17,19,20). The van der Waals surface area contributed by atoms with Crippen LogP contribution in [0.1, 0.15) is 20.8 Å². The minimum Gasteiger partial charge on any atom is -0.403 e. The summed E-state index contributed by atoms with van der Waals surface area (Å²) in [6.07, 6.45) is 0. The number of rotatable bonds is 3. The molecule has 0 saturated heterocycles. The molecule has 1 amide bonds. The molecular formula is C15H12BrN3O2S. The zero-order valence-corrected chi connectivity index (χ0v) is 14.3. The molecule has 0 unspecified atom stereocenters. The second-order valence-electron chi connectivity index (χ2n) is 4.79. The van der Waals surface area contributed by atoms with Crippen LogP contribution in [0.15, 0.2) is 38.5 Å². The molecule has 0 aliphatic heterocycles. The first kappa shape index (κ1) is 14.9. The molecule has 1 N–H and O–H groups in total. The van der Waals surface area contributed by atoms with Crippen molar-refractivity contribution in [2.24, 2.45) is 0 Å². The summed E-state index contributed by atoms with van der Waals surface area (Å²) in [5.74, 6) is 0.117. The van der Waals surface area contributed by atoms with Crippen molar-refractivity contribution < 1.29 is 9.21 Å². The zero-order valence-electron chi connectivity index (χ0n) is 11.9. The molecule has 1 aromatic carbocycles. The van der Waals surface area contributed by atoms with Crippen molar-refractivity contribution in [3.8, 4) is 11.5 Å². The van der Waals surface area contributed by atoms with E-state index in [2.05, 4.69) is 31.4 Å². The monoisotopic (exact) mass is 377 g/mol. The van der Waals surface area contributed by atoms with Crippen LogP contribution < -0.4 is 5.32 Å². The number of thiophene rings is 1. The number of halogens is 1. The highest BCUT2D eigenvalue weighted by Crippen LogP contribution is 2.26. The highest BCUT2D eigenvalue weighted by molar-refractivity contribution is 9.11. The predicted molar refractivity (Wildman–Crippen MR) is 89.2 cm³/mol. The van der Waals surface area contributed by atoms with Gasteiger partial charge >= 0.3 is 6.01 Å². The van der Waals surface area contributed by atoms with Gasteiger partial charge in [0.1, 0.15) is 0 Å². The van der Waals surface area contributed by atoms with E-state index in [1.807, 2.05) is 38.1 Å². The molecular weight excluding hydrogens is 366 g/mol. The van der Waals surface area contributed by atoms with Gasteiger partial charge in [-0.1, -0.05) is 22.8 Å². The van der Waals surface area contributed by atoms with Gasteiger partial charge in [-0.25, -0.2) is 0 Å². The number of aromatic nitrogens is 2. The van der Waals surface area contributed by atoms with Crippen molar-refractivity contribution in [1.29, 1.82) is 0 Å². The third-order valence-corrected chi connectivity index (χ3v) is 4.68. The van der Waals surface area contributed by atoms with Gasteiger partial charge in [0, 0.05) is 5.56 Å². The topological polar surface area (TPSA) is 68.0 Å².